The summed E-state index contributed by atoms with van der Waals surface area (Å²) in [4.78, 5) is 4.20. The van der Waals surface area contributed by atoms with Gasteiger partial charge in [0.2, 0.25) is 0 Å². The number of ether oxygens (including phenoxy) is 2. The predicted molar refractivity (Wildman–Crippen MR) is 68.4 cm³/mol. The molecule has 1 aromatic heterocycles. The first-order valence-corrected chi connectivity index (χ1v) is 5.83. The molecule has 0 aliphatic rings. The molecule has 0 saturated carbocycles. The van der Waals surface area contributed by atoms with Gasteiger partial charge in [0.25, 0.3) is 0 Å². The SMILES string of the molecule is COCC(C)Oc1ccc2ccc(C)nc2c1F. The Labute approximate surface area is 106 Å². The second kappa shape index (κ2) is 5.31. The molecule has 1 aromatic carbocycles. The molecule has 0 aliphatic carbocycles. The number of fused-ring (bicyclic) bond motifs is 1. The van der Waals surface area contributed by atoms with E-state index in [0.29, 0.717) is 12.1 Å². The number of hydrogen-bond acceptors (Lipinski definition) is 3. The molecule has 1 heterocycles. The Morgan fingerprint density at radius 1 is 1.28 bits per heavy atom. The molecular weight excluding hydrogens is 233 g/mol. The van der Waals surface area contributed by atoms with Gasteiger partial charge in [0.15, 0.2) is 11.6 Å². The van der Waals surface area contributed by atoms with E-state index in [-0.39, 0.29) is 11.9 Å². The molecule has 1 unspecified atom stereocenters. The Morgan fingerprint density at radius 2 is 2.00 bits per heavy atom. The number of benzene rings is 1. The summed E-state index contributed by atoms with van der Waals surface area (Å²) in [7, 11) is 1.58. The van der Waals surface area contributed by atoms with Crippen LogP contribution in [0.25, 0.3) is 10.9 Å². The summed E-state index contributed by atoms with van der Waals surface area (Å²) in [5, 5.41) is 0.768. The molecule has 0 saturated heterocycles. The number of nitrogens with zero attached hydrogens (tertiary/aromatic N) is 1. The Bertz CT molecular complexity index is 557. The van der Waals surface area contributed by atoms with Gasteiger partial charge in [0.1, 0.15) is 11.6 Å². The molecule has 3 nitrogen and oxygen atoms in total. The summed E-state index contributed by atoms with van der Waals surface area (Å²) < 4.78 is 24.7. The molecule has 0 radical (unpaired) electrons. The average Bonchev–Trinajstić information content (AvgIpc) is 2.34. The van der Waals surface area contributed by atoms with Gasteiger partial charge in [-0.15, -0.1) is 0 Å². The van der Waals surface area contributed by atoms with Crippen LogP contribution in [-0.2, 0) is 4.74 Å². The van der Waals surface area contributed by atoms with Crippen molar-refractivity contribution in [3.05, 3.63) is 35.8 Å². The summed E-state index contributed by atoms with van der Waals surface area (Å²) in [6.45, 7) is 4.08. The van der Waals surface area contributed by atoms with E-state index in [9.17, 15) is 4.39 Å². The van der Waals surface area contributed by atoms with Gasteiger partial charge in [-0.2, -0.15) is 0 Å². The Balaban J connectivity index is 2.37. The average molecular weight is 249 g/mol. The van der Waals surface area contributed by atoms with Gasteiger partial charge in [-0.1, -0.05) is 6.07 Å². The van der Waals surface area contributed by atoms with E-state index in [1.54, 1.807) is 19.2 Å². The monoisotopic (exact) mass is 249 g/mol. The lowest BCUT2D eigenvalue weighted by Crippen LogP contribution is -2.18. The van der Waals surface area contributed by atoms with Gasteiger partial charge in [-0.3, -0.25) is 0 Å². The van der Waals surface area contributed by atoms with Crippen LogP contribution >= 0.6 is 0 Å². The molecule has 18 heavy (non-hydrogen) atoms. The molecule has 0 N–H and O–H groups in total. The topological polar surface area (TPSA) is 31.4 Å². The predicted octanol–water partition coefficient (Wildman–Crippen LogP) is 3.10. The minimum atomic E-state index is -0.417. The number of pyridine rings is 1. The van der Waals surface area contributed by atoms with Crippen molar-refractivity contribution in [2.45, 2.75) is 20.0 Å². The second-order valence-corrected chi connectivity index (χ2v) is 4.29. The van der Waals surface area contributed by atoms with Crippen LogP contribution in [0.15, 0.2) is 24.3 Å². The van der Waals surface area contributed by atoms with E-state index < -0.39 is 5.82 Å². The van der Waals surface area contributed by atoms with Gasteiger partial charge in [0, 0.05) is 18.2 Å². The molecule has 0 aliphatic heterocycles. The van der Waals surface area contributed by atoms with E-state index in [0.717, 1.165) is 11.1 Å². The van der Waals surface area contributed by atoms with Gasteiger partial charge in [-0.05, 0) is 32.0 Å². The molecule has 96 valence electrons. The van der Waals surface area contributed by atoms with Gasteiger partial charge >= 0.3 is 0 Å². The second-order valence-electron chi connectivity index (χ2n) is 4.29. The zero-order chi connectivity index (χ0) is 13.1. The largest absolute Gasteiger partial charge is 0.485 e. The lowest BCUT2D eigenvalue weighted by molar-refractivity contribution is 0.0895. The lowest BCUT2D eigenvalue weighted by atomic mass is 10.2. The summed E-state index contributed by atoms with van der Waals surface area (Å²) >= 11 is 0. The van der Waals surface area contributed by atoms with E-state index in [4.69, 9.17) is 9.47 Å². The molecule has 0 amide bonds. The summed E-state index contributed by atoms with van der Waals surface area (Å²) in [5.74, 6) is -0.204. The van der Waals surface area contributed by atoms with Crippen molar-refractivity contribution in [3.8, 4) is 5.75 Å². The number of aryl methyl sites for hydroxylation is 1. The molecule has 0 spiro atoms. The fourth-order valence-corrected chi connectivity index (χ4v) is 1.81. The maximum Gasteiger partial charge on any atom is 0.191 e. The van der Waals surface area contributed by atoms with Crippen molar-refractivity contribution < 1.29 is 13.9 Å². The zero-order valence-electron chi connectivity index (χ0n) is 10.7. The number of rotatable bonds is 4. The highest BCUT2D eigenvalue weighted by Crippen LogP contribution is 2.26. The molecule has 1 atom stereocenters. The standard InChI is InChI=1S/C14H16FNO2/c1-9-4-5-11-6-7-12(13(15)14(11)16-9)18-10(2)8-17-3/h4-7,10H,8H2,1-3H3. The van der Waals surface area contributed by atoms with E-state index in [1.165, 1.54) is 0 Å². The van der Waals surface area contributed by atoms with Crippen molar-refractivity contribution in [1.29, 1.82) is 0 Å². The van der Waals surface area contributed by atoms with Crippen LogP contribution in [0.1, 0.15) is 12.6 Å². The minimum absolute atomic E-state index is 0.202. The van der Waals surface area contributed by atoms with Gasteiger partial charge in [0.05, 0.1) is 6.61 Å². The third-order valence-corrected chi connectivity index (χ3v) is 2.63. The first-order chi connectivity index (χ1) is 8.61. The molecule has 0 fully saturated rings. The number of halogens is 1. The van der Waals surface area contributed by atoms with Crippen LogP contribution in [0, 0.1) is 12.7 Å². The molecule has 4 heteroatoms. The van der Waals surface area contributed by atoms with Crippen molar-refractivity contribution in [2.75, 3.05) is 13.7 Å². The maximum atomic E-state index is 14.2. The van der Waals surface area contributed by atoms with Gasteiger partial charge < -0.3 is 9.47 Å². The first kappa shape index (κ1) is 12.8. The van der Waals surface area contributed by atoms with E-state index in [1.807, 2.05) is 26.0 Å². The number of methoxy groups -OCH3 is 1. The quantitative estimate of drug-likeness (QED) is 0.834. The molecule has 2 aromatic rings. The highest BCUT2D eigenvalue weighted by molar-refractivity contribution is 5.80. The van der Waals surface area contributed by atoms with E-state index in [2.05, 4.69) is 4.98 Å². The van der Waals surface area contributed by atoms with Crippen LogP contribution < -0.4 is 4.74 Å². The number of aromatic nitrogens is 1. The van der Waals surface area contributed by atoms with Gasteiger partial charge in [-0.25, -0.2) is 9.37 Å². The van der Waals surface area contributed by atoms with Crippen LogP contribution in [0.4, 0.5) is 4.39 Å². The van der Waals surface area contributed by atoms with Crippen molar-refractivity contribution in [3.63, 3.8) is 0 Å². The van der Waals surface area contributed by atoms with Crippen LogP contribution in [0.3, 0.4) is 0 Å². The Kier molecular flexibility index (Phi) is 3.77. The van der Waals surface area contributed by atoms with Crippen LogP contribution in [0.2, 0.25) is 0 Å². The molecular formula is C14H16FNO2. The maximum absolute atomic E-state index is 14.2. The normalized spacial score (nSPS) is 12.7. The summed E-state index contributed by atoms with van der Waals surface area (Å²) in [5.41, 5.74) is 1.13. The summed E-state index contributed by atoms with van der Waals surface area (Å²) in [6, 6.07) is 7.14. The third kappa shape index (κ3) is 2.59. The first-order valence-electron chi connectivity index (χ1n) is 5.83. The highest BCUT2D eigenvalue weighted by Gasteiger charge is 2.12. The zero-order valence-corrected chi connectivity index (χ0v) is 10.7. The minimum Gasteiger partial charge on any atom is -0.485 e. The van der Waals surface area contributed by atoms with Crippen LogP contribution in [0.5, 0.6) is 5.75 Å². The van der Waals surface area contributed by atoms with Crippen molar-refractivity contribution in [2.24, 2.45) is 0 Å². The lowest BCUT2D eigenvalue weighted by Gasteiger charge is -2.14. The molecule has 0 bridgehead atoms. The smallest absolute Gasteiger partial charge is 0.191 e. The van der Waals surface area contributed by atoms with Crippen molar-refractivity contribution >= 4 is 10.9 Å². The third-order valence-electron chi connectivity index (χ3n) is 2.63. The van der Waals surface area contributed by atoms with Crippen LogP contribution in [-0.4, -0.2) is 24.8 Å². The molecule has 2 rings (SSSR count). The number of hydrogen-bond donors (Lipinski definition) is 0. The Morgan fingerprint density at radius 3 is 2.72 bits per heavy atom. The fraction of sp³-hybridized carbons (Fsp3) is 0.357. The summed E-state index contributed by atoms with van der Waals surface area (Å²) in [6.07, 6.45) is -0.202. The fourth-order valence-electron chi connectivity index (χ4n) is 1.81. The highest BCUT2D eigenvalue weighted by atomic mass is 19.1. The van der Waals surface area contributed by atoms with E-state index >= 15 is 0 Å². The Hall–Kier alpha value is -1.68. The van der Waals surface area contributed by atoms with Crippen molar-refractivity contribution in [1.82, 2.24) is 4.98 Å².